The van der Waals surface area contributed by atoms with Crippen LogP contribution in [0.25, 0.3) is 5.69 Å². The second-order valence-corrected chi connectivity index (χ2v) is 7.32. The molecule has 156 valence electrons. The maximum absolute atomic E-state index is 12.0. The van der Waals surface area contributed by atoms with E-state index in [1.807, 2.05) is 40.3 Å². The smallest absolute Gasteiger partial charge is 0.253 e. The maximum Gasteiger partial charge on any atom is 0.253 e. The molecule has 2 aromatic carbocycles. The summed E-state index contributed by atoms with van der Waals surface area (Å²) in [5.41, 5.74) is 2.79. The molecule has 0 aliphatic rings. The van der Waals surface area contributed by atoms with Crippen molar-refractivity contribution in [3.05, 3.63) is 65.4 Å². The zero-order chi connectivity index (χ0) is 21.3. The molecule has 3 aromatic rings. The van der Waals surface area contributed by atoms with Gasteiger partial charge in [-0.25, -0.2) is 5.84 Å². The minimum absolute atomic E-state index is 0.0564. The van der Waals surface area contributed by atoms with Gasteiger partial charge in [-0.15, -0.1) is 10.2 Å². The zero-order valence-electron chi connectivity index (χ0n) is 15.7. The molecule has 0 aliphatic carbocycles. The molecular weight excluding hydrogens is 428 g/mol. The third kappa shape index (κ3) is 5.96. The molecule has 0 spiro atoms. The summed E-state index contributed by atoms with van der Waals surface area (Å²) in [6, 6.07) is 16.5. The van der Waals surface area contributed by atoms with Gasteiger partial charge in [-0.05, 0) is 36.4 Å². The fourth-order valence-electron chi connectivity index (χ4n) is 2.41. The van der Waals surface area contributed by atoms with Gasteiger partial charge in [0.2, 0.25) is 5.91 Å². The van der Waals surface area contributed by atoms with Crippen LogP contribution in [-0.4, -0.2) is 38.9 Å². The van der Waals surface area contributed by atoms with E-state index in [1.54, 1.807) is 24.3 Å². The zero-order valence-corrected chi connectivity index (χ0v) is 17.3. The lowest BCUT2D eigenvalue weighted by molar-refractivity contribution is -0.124. The Kier molecular flexibility index (Phi) is 7.66. The summed E-state index contributed by atoms with van der Waals surface area (Å²) < 4.78 is 7.62. The van der Waals surface area contributed by atoms with E-state index in [4.69, 9.17) is 22.2 Å². The fourth-order valence-corrected chi connectivity index (χ4v) is 3.34. The number of hydrogen-bond acceptors (Lipinski definition) is 7. The number of hydrogen-bond donors (Lipinski definition) is 3. The molecule has 4 N–H and O–H groups in total. The van der Waals surface area contributed by atoms with Gasteiger partial charge in [-0.1, -0.05) is 41.6 Å². The standard InChI is InChI=1S/C19H19ClN6O3S/c20-13-6-8-15(9-7-13)29-11-16-24-25-19(26(16)14-4-2-1-3-5-14)30-12-18(28)22-10-17(27)23-21/h1-9H,10-12,21H2,(H,22,28)(H,23,27). The molecule has 0 saturated carbocycles. The SMILES string of the molecule is NNC(=O)CNC(=O)CSc1nnc(COc2ccc(Cl)cc2)n1-c1ccccc1. The fraction of sp³-hybridized carbons (Fsp3) is 0.158. The summed E-state index contributed by atoms with van der Waals surface area (Å²) >= 11 is 7.10. The van der Waals surface area contributed by atoms with Gasteiger partial charge >= 0.3 is 0 Å². The first-order valence-electron chi connectivity index (χ1n) is 8.84. The van der Waals surface area contributed by atoms with E-state index in [0.29, 0.717) is 21.8 Å². The number of hydrazine groups is 1. The van der Waals surface area contributed by atoms with Crippen molar-refractivity contribution in [1.82, 2.24) is 25.5 Å². The Morgan fingerprint density at radius 1 is 1.07 bits per heavy atom. The molecule has 3 rings (SSSR count). The van der Waals surface area contributed by atoms with Crippen molar-refractivity contribution in [2.45, 2.75) is 11.8 Å². The molecule has 30 heavy (non-hydrogen) atoms. The van der Waals surface area contributed by atoms with Crippen LogP contribution in [0.1, 0.15) is 5.82 Å². The highest BCUT2D eigenvalue weighted by molar-refractivity contribution is 7.99. The Labute approximate surface area is 181 Å². The molecule has 9 nitrogen and oxygen atoms in total. The lowest BCUT2D eigenvalue weighted by atomic mass is 10.3. The predicted molar refractivity (Wildman–Crippen MR) is 113 cm³/mol. The van der Waals surface area contributed by atoms with Gasteiger partial charge in [0, 0.05) is 10.7 Å². The van der Waals surface area contributed by atoms with E-state index >= 15 is 0 Å². The van der Waals surface area contributed by atoms with Gasteiger partial charge in [0.25, 0.3) is 5.91 Å². The predicted octanol–water partition coefficient (Wildman–Crippen LogP) is 1.70. The second kappa shape index (κ2) is 10.6. The van der Waals surface area contributed by atoms with Crippen molar-refractivity contribution >= 4 is 35.2 Å². The van der Waals surface area contributed by atoms with E-state index < -0.39 is 5.91 Å². The molecule has 0 atom stereocenters. The molecule has 0 aliphatic heterocycles. The maximum atomic E-state index is 12.0. The number of aromatic nitrogens is 3. The number of para-hydroxylation sites is 1. The average Bonchev–Trinajstić information content (AvgIpc) is 3.19. The largest absolute Gasteiger partial charge is 0.486 e. The van der Waals surface area contributed by atoms with Crippen LogP contribution in [0.5, 0.6) is 5.75 Å². The van der Waals surface area contributed by atoms with Crippen molar-refractivity contribution < 1.29 is 14.3 Å². The number of benzene rings is 2. The van der Waals surface area contributed by atoms with Crippen molar-refractivity contribution in [2.75, 3.05) is 12.3 Å². The number of nitrogens with two attached hydrogens (primary N) is 1. The van der Waals surface area contributed by atoms with Crippen LogP contribution in [0.15, 0.2) is 59.8 Å². The minimum Gasteiger partial charge on any atom is -0.486 e. The van der Waals surface area contributed by atoms with Crippen LogP contribution in [0, 0.1) is 0 Å². The lowest BCUT2D eigenvalue weighted by Crippen LogP contribution is -2.40. The third-order valence-corrected chi connectivity index (χ3v) is 5.02. The van der Waals surface area contributed by atoms with Crippen molar-refractivity contribution in [3.63, 3.8) is 0 Å². The number of thioether (sulfide) groups is 1. The van der Waals surface area contributed by atoms with Crippen LogP contribution in [-0.2, 0) is 16.2 Å². The van der Waals surface area contributed by atoms with Crippen LogP contribution >= 0.6 is 23.4 Å². The van der Waals surface area contributed by atoms with Gasteiger partial charge < -0.3 is 10.1 Å². The number of rotatable bonds is 9. The molecule has 0 unspecified atom stereocenters. The number of ether oxygens (including phenoxy) is 1. The normalized spacial score (nSPS) is 10.5. The van der Waals surface area contributed by atoms with E-state index in [0.717, 1.165) is 5.69 Å². The number of amides is 2. The Morgan fingerprint density at radius 3 is 2.50 bits per heavy atom. The van der Waals surface area contributed by atoms with E-state index in [9.17, 15) is 9.59 Å². The van der Waals surface area contributed by atoms with Crippen LogP contribution in [0.3, 0.4) is 0 Å². The number of nitrogens with zero attached hydrogens (tertiary/aromatic N) is 3. The Hall–Kier alpha value is -3.08. The lowest BCUT2D eigenvalue weighted by Gasteiger charge is -2.11. The summed E-state index contributed by atoms with van der Waals surface area (Å²) in [5, 5.41) is 12.0. The van der Waals surface area contributed by atoms with Crippen molar-refractivity contribution in [2.24, 2.45) is 5.84 Å². The molecule has 11 heteroatoms. The summed E-state index contributed by atoms with van der Waals surface area (Å²) in [4.78, 5) is 23.1. The molecule has 1 heterocycles. The second-order valence-electron chi connectivity index (χ2n) is 5.95. The highest BCUT2D eigenvalue weighted by Crippen LogP contribution is 2.23. The number of carbonyl (C=O) groups is 2. The summed E-state index contributed by atoms with van der Waals surface area (Å²) in [7, 11) is 0. The molecule has 0 bridgehead atoms. The highest BCUT2D eigenvalue weighted by Gasteiger charge is 2.16. The van der Waals surface area contributed by atoms with Crippen LogP contribution in [0.2, 0.25) is 5.02 Å². The van der Waals surface area contributed by atoms with Gasteiger partial charge in [0.15, 0.2) is 11.0 Å². The number of halogens is 1. The first-order chi connectivity index (χ1) is 14.6. The Balaban J connectivity index is 1.72. The first-order valence-corrected chi connectivity index (χ1v) is 10.2. The Morgan fingerprint density at radius 2 is 1.80 bits per heavy atom. The van der Waals surface area contributed by atoms with E-state index in [2.05, 4.69) is 15.5 Å². The van der Waals surface area contributed by atoms with Crippen LogP contribution < -0.4 is 21.3 Å². The minimum atomic E-state index is -0.484. The number of nitrogens with one attached hydrogen (secondary N) is 2. The summed E-state index contributed by atoms with van der Waals surface area (Å²) in [6.07, 6.45) is 0. The summed E-state index contributed by atoms with van der Waals surface area (Å²) in [6.45, 7) is -0.0194. The van der Waals surface area contributed by atoms with Crippen molar-refractivity contribution in [1.29, 1.82) is 0 Å². The van der Waals surface area contributed by atoms with Gasteiger partial charge in [-0.3, -0.25) is 19.6 Å². The molecule has 2 amide bonds. The van der Waals surface area contributed by atoms with Crippen LogP contribution in [0.4, 0.5) is 0 Å². The third-order valence-electron chi connectivity index (χ3n) is 3.84. The molecule has 0 saturated heterocycles. The molecule has 0 radical (unpaired) electrons. The Bertz CT molecular complexity index is 997. The topological polar surface area (TPSA) is 124 Å². The molecule has 0 fully saturated rings. The quantitative estimate of drug-likeness (QED) is 0.198. The van der Waals surface area contributed by atoms with Gasteiger partial charge in [-0.2, -0.15) is 0 Å². The van der Waals surface area contributed by atoms with Gasteiger partial charge in [0.05, 0.1) is 12.3 Å². The van der Waals surface area contributed by atoms with Gasteiger partial charge in [0.1, 0.15) is 12.4 Å². The number of carbonyl (C=O) groups excluding carboxylic acids is 2. The first kappa shape index (κ1) is 21.6. The molecular formula is C19H19ClN6O3S. The van der Waals surface area contributed by atoms with Crippen molar-refractivity contribution in [3.8, 4) is 11.4 Å². The highest BCUT2D eigenvalue weighted by atomic mass is 35.5. The van der Waals surface area contributed by atoms with E-state index in [-0.39, 0.29) is 24.8 Å². The summed E-state index contributed by atoms with van der Waals surface area (Å²) in [5.74, 6) is 5.45. The molecule has 1 aromatic heterocycles. The van der Waals surface area contributed by atoms with E-state index in [1.165, 1.54) is 11.8 Å². The average molecular weight is 447 g/mol. The monoisotopic (exact) mass is 446 g/mol.